The van der Waals surface area contributed by atoms with Crippen LogP contribution in [0.25, 0.3) is 0 Å². The molecule has 0 saturated heterocycles. The summed E-state index contributed by atoms with van der Waals surface area (Å²) in [6.07, 6.45) is 84.7. The number of amides is 1. The van der Waals surface area contributed by atoms with E-state index in [1.165, 1.54) is 218 Å². The summed E-state index contributed by atoms with van der Waals surface area (Å²) in [6.45, 7) is 4.27. The maximum atomic E-state index is 12.5. The lowest BCUT2D eigenvalue weighted by Crippen LogP contribution is -2.45. The Morgan fingerprint density at radius 1 is 0.368 bits per heavy atom. The molecule has 0 aromatic carbocycles. The van der Waals surface area contributed by atoms with E-state index in [0.717, 1.165) is 64.2 Å². The van der Waals surface area contributed by atoms with Gasteiger partial charge < -0.3 is 15.5 Å². The van der Waals surface area contributed by atoms with Crippen molar-refractivity contribution in [3.63, 3.8) is 0 Å². The Labute approximate surface area is 425 Å². The third-order valence-electron chi connectivity index (χ3n) is 13.7. The number of allylic oxidation sites excluding steroid dienone is 12. The number of aliphatic hydroxyl groups excluding tert-OH is 2. The second kappa shape index (κ2) is 59.1. The third kappa shape index (κ3) is 54.8. The molecule has 0 aliphatic heterocycles. The van der Waals surface area contributed by atoms with Gasteiger partial charge >= 0.3 is 0 Å². The summed E-state index contributed by atoms with van der Waals surface area (Å²) in [4.78, 5) is 12.5. The Morgan fingerprint density at radius 2 is 0.647 bits per heavy atom. The van der Waals surface area contributed by atoms with Crippen molar-refractivity contribution in [2.75, 3.05) is 6.61 Å². The smallest absolute Gasteiger partial charge is 0.220 e. The maximum Gasteiger partial charge on any atom is 0.220 e. The zero-order valence-corrected chi connectivity index (χ0v) is 45.6. The van der Waals surface area contributed by atoms with E-state index in [9.17, 15) is 15.0 Å². The minimum Gasteiger partial charge on any atom is -0.394 e. The second-order valence-corrected chi connectivity index (χ2v) is 20.4. The van der Waals surface area contributed by atoms with Gasteiger partial charge in [0.2, 0.25) is 5.91 Å². The zero-order valence-electron chi connectivity index (χ0n) is 45.6. The van der Waals surface area contributed by atoms with Crippen LogP contribution in [-0.4, -0.2) is 34.9 Å². The first-order chi connectivity index (χ1) is 33.7. The summed E-state index contributed by atoms with van der Waals surface area (Å²) in [5.41, 5.74) is 0. The minimum absolute atomic E-state index is 0.0388. The highest BCUT2D eigenvalue weighted by molar-refractivity contribution is 5.76. The molecule has 0 aromatic heterocycles. The van der Waals surface area contributed by atoms with Crippen LogP contribution < -0.4 is 5.32 Å². The van der Waals surface area contributed by atoms with Crippen molar-refractivity contribution in [3.8, 4) is 0 Å². The van der Waals surface area contributed by atoms with Crippen LogP contribution in [-0.2, 0) is 4.79 Å². The van der Waals surface area contributed by atoms with Crippen molar-refractivity contribution < 1.29 is 15.0 Å². The van der Waals surface area contributed by atoms with Gasteiger partial charge in [-0.15, -0.1) is 0 Å². The number of aliphatic hydroxyl groups is 2. The van der Waals surface area contributed by atoms with Gasteiger partial charge in [0.05, 0.1) is 18.8 Å². The summed E-state index contributed by atoms with van der Waals surface area (Å²) < 4.78 is 0. The molecule has 3 N–H and O–H groups in total. The first kappa shape index (κ1) is 65.8. The van der Waals surface area contributed by atoms with Crippen molar-refractivity contribution in [1.29, 1.82) is 0 Å². The van der Waals surface area contributed by atoms with Crippen LogP contribution >= 0.6 is 0 Å². The molecular weight excluding hydrogens is 831 g/mol. The number of hydrogen-bond acceptors (Lipinski definition) is 3. The molecule has 0 heterocycles. The molecule has 2 atom stereocenters. The topological polar surface area (TPSA) is 69.6 Å². The largest absolute Gasteiger partial charge is 0.394 e. The normalized spacial score (nSPS) is 13.3. The highest BCUT2D eigenvalue weighted by atomic mass is 16.3. The summed E-state index contributed by atoms with van der Waals surface area (Å²) in [6, 6.07) is -0.547. The molecule has 396 valence electrons. The van der Waals surface area contributed by atoms with Gasteiger partial charge in [-0.2, -0.15) is 0 Å². The number of carbonyl (C=O) groups excluding carboxylic acids is 1. The minimum atomic E-state index is -0.669. The van der Waals surface area contributed by atoms with Crippen molar-refractivity contribution in [3.05, 3.63) is 72.9 Å². The van der Waals surface area contributed by atoms with Crippen molar-refractivity contribution in [2.24, 2.45) is 0 Å². The number of carbonyl (C=O) groups is 1. The average Bonchev–Trinajstić information content (AvgIpc) is 3.34. The molecule has 68 heavy (non-hydrogen) atoms. The van der Waals surface area contributed by atoms with Crippen LogP contribution in [0.2, 0.25) is 0 Å². The molecule has 2 unspecified atom stereocenters. The van der Waals surface area contributed by atoms with E-state index in [0.29, 0.717) is 12.8 Å². The van der Waals surface area contributed by atoms with Gasteiger partial charge in [-0.1, -0.05) is 311 Å². The van der Waals surface area contributed by atoms with E-state index < -0.39 is 12.1 Å². The first-order valence-corrected chi connectivity index (χ1v) is 30.1. The SMILES string of the molecule is CC/C=C\C/C=C\C/C=C\C/C=C\C/C=C\C/C=C\CCCCCCCCCCC(=O)NC(CO)C(O)CCCCCCCCCCCCCCCCCCCCCCCCCCCCCCC. The average molecular weight is 949 g/mol. The Morgan fingerprint density at radius 3 is 0.971 bits per heavy atom. The van der Waals surface area contributed by atoms with E-state index in [-0.39, 0.29) is 12.5 Å². The van der Waals surface area contributed by atoms with Crippen LogP contribution in [0, 0.1) is 0 Å². The molecule has 4 heteroatoms. The molecule has 0 radical (unpaired) electrons. The summed E-state index contributed by atoms with van der Waals surface area (Å²) >= 11 is 0. The van der Waals surface area contributed by atoms with Gasteiger partial charge in [-0.3, -0.25) is 4.79 Å². The zero-order chi connectivity index (χ0) is 49.2. The lowest BCUT2D eigenvalue weighted by atomic mass is 10.0. The highest BCUT2D eigenvalue weighted by Crippen LogP contribution is 2.18. The number of nitrogens with one attached hydrogen (secondary N) is 1. The molecule has 0 bridgehead atoms. The summed E-state index contributed by atoms with van der Waals surface area (Å²) in [5, 5.41) is 23.4. The van der Waals surface area contributed by atoms with E-state index in [4.69, 9.17) is 0 Å². The fraction of sp³-hybridized carbons (Fsp3) is 0.797. The van der Waals surface area contributed by atoms with Crippen molar-refractivity contribution >= 4 is 5.91 Å². The monoisotopic (exact) mass is 948 g/mol. The molecule has 1 amide bonds. The maximum absolute atomic E-state index is 12.5. The molecule has 0 saturated carbocycles. The van der Waals surface area contributed by atoms with Crippen LogP contribution in [0.3, 0.4) is 0 Å². The van der Waals surface area contributed by atoms with Crippen LogP contribution in [0.4, 0.5) is 0 Å². The Kier molecular flexibility index (Phi) is 57.3. The fourth-order valence-electron chi connectivity index (χ4n) is 9.19. The van der Waals surface area contributed by atoms with E-state index in [1.54, 1.807) is 0 Å². The van der Waals surface area contributed by atoms with Crippen LogP contribution in [0.5, 0.6) is 0 Å². The molecule has 4 nitrogen and oxygen atoms in total. The predicted octanol–water partition coefficient (Wildman–Crippen LogP) is 20.1. The van der Waals surface area contributed by atoms with Gasteiger partial charge in [0.15, 0.2) is 0 Å². The van der Waals surface area contributed by atoms with E-state index >= 15 is 0 Å². The molecule has 0 rings (SSSR count). The number of rotatable bonds is 55. The van der Waals surface area contributed by atoms with Gasteiger partial charge in [0, 0.05) is 6.42 Å². The number of hydrogen-bond donors (Lipinski definition) is 3. The lowest BCUT2D eigenvalue weighted by Gasteiger charge is -2.22. The van der Waals surface area contributed by atoms with Crippen molar-refractivity contribution in [1.82, 2.24) is 5.32 Å². The second-order valence-electron chi connectivity index (χ2n) is 20.4. The molecule has 0 spiro atoms. The predicted molar refractivity (Wildman–Crippen MR) is 304 cm³/mol. The third-order valence-corrected chi connectivity index (χ3v) is 13.7. The quantitative estimate of drug-likeness (QED) is 0.0420. The van der Waals surface area contributed by atoms with Gasteiger partial charge in [0.25, 0.3) is 0 Å². The summed E-state index contributed by atoms with van der Waals surface area (Å²) in [7, 11) is 0. The first-order valence-electron chi connectivity index (χ1n) is 30.1. The van der Waals surface area contributed by atoms with E-state index in [1.807, 2.05) is 0 Å². The Balaban J connectivity index is 3.49. The molecular formula is C64H117NO3. The standard InChI is InChI=1S/C64H117NO3/c1-3-5-7-9-11-13-15-17-19-21-23-25-27-29-31-32-34-35-37-39-41-43-45-47-49-51-53-55-57-59-63(67)62(61-66)65-64(68)60-58-56-54-52-50-48-46-44-42-40-38-36-33-30-28-26-24-22-20-18-16-14-12-10-8-6-4-2/h6,8,12,14,18,20,24,26,30,33,38,40,62-63,66-67H,3-5,7,9-11,13,15-17,19,21-23,25,27-29,31-32,34-37,39,41-61H2,1-2H3,(H,65,68)/b8-6-,14-12-,20-18-,26-24-,33-30-,40-38-. The van der Waals surface area contributed by atoms with E-state index in [2.05, 4.69) is 92.1 Å². The Bertz CT molecular complexity index is 1170. The van der Waals surface area contributed by atoms with Gasteiger partial charge in [0.1, 0.15) is 0 Å². The highest BCUT2D eigenvalue weighted by Gasteiger charge is 2.20. The fourth-order valence-corrected chi connectivity index (χ4v) is 9.19. The summed E-state index contributed by atoms with van der Waals surface area (Å²) in [5.74, 6) is -0.0388. The van der Waals surface area contributed by atoms with Gasteiger partial charge in [-0.25, -0.2) is 0 Å². The van der Waals surface area contributed by atoms with Crippen LogP contribution in [0.15, 0.2) is 72.9 Å². The van der Waals surface area contributed by atoms with Gasteiger partial charge in [-0.05, 0) is 64.2 Å². The van der Waals surface area contributed by atoms with Crippen molar-refractivity contribution in [2.45, 2.75) is 321 Å². The molecule has 0 aliphatic rings. The molecule has 0 aromatic rings. The lowest BCUT2D eigenvalue weighted by molar-refractivity contribution is -0.123. The molecule has 0 aliphatic carbocycles. The van der Waals surface area contributed by atoms with Crippen LogP contribution in [0.1, 0.15) is 309 Å². The molecule has 0 fully saturated rings. The number of unbranched alkanes of at least 4 members (excludes halogenated alkanes) is 36. The Hall–Kier alpha value is -2.17.